The maximum Gasteiger partial charge on any atom is 0.251 e. The van der Waals surface area contributed by atoms with Gasteiger partial charge in [-0.15, -0.1) is 0 Å². The van der Waals surface area contributed by atoms with E-state index in [-0.39, 0.29) is 5.56 Å². The van der Waals surface area contributed by atoms with Crippen molar-refractivity contribution in [3.63, 3.8) is 0 Å². The van der Waals surface area contributed by atoms with E-state index in [0.29, 0.717) is 11.5 Å². The molecule has 0 aliphatic carbocycles. The number of hydrogen-bond donors (Lipinski definition) is 1. The first kappa shape index (κ1) is 17.9. The fourth-order valence-corrected chi connectivity index (χ4v) is 3.12. The molecule has 0 atom stereocenters. The van der Waals surface area contributed by atoms with Gasteiger partial charge in [0.15, 0.2) is 0 Å². The second-order valence-electron chi connectivity index (χ2n) is 6.67. The predicted octanol–water partition coefficient (Wildman–Crippen LogP) is 3.72. The lowest BCUT2D eigenvalue weighted by molar-refractivity contribution is 0.288. The molecule has 0 bridgehead atoms. The van der Waals surface area contributed by atoms with Gasteiger partial charge in [0, 0.05) is 36.1 Å². The van der Waals surface area contributed by atoms with Crippen LogP contribution in [0.3, 0.4) is 0 Å². The summed E-state index contributed by atoms with van der Waals surface area (Å²) in [6, 6.07) is 17.1. The molecule has 0 aliphatic heterocycles. The first-order chi connectivity index (χ1) is 13.7. The lowest BCUT2D eigenvalue weighted by atomic mass is 10.1. The van der Waals surface area contributed by atoms with E-state index in [1.807, 2.05) is 49.5 Å². The number of aromatic nitrogens is 3. The number of aromatic amines is 1. The molecule has 28 heavy (non-hydrogen) atoms. The summed E-state index contributed by atoms with van der Waals surface area (Å²) in [5.74, 6) is 1.48. The van der Waals surface area contributed by atoms with Crippen LogP contribution in [0.4, 0.5) is 0 Å². The molecule has 4 aromatic rings. The number of hydrogen-bond acceptors (Lipinski definition) is 5. The van der Waals surface area contributed by atoms with Gasteiger partial charge >= 0.3 is 0 Å². The minimum atomic E-state index is -0.183. The molecular formula is C22H20N4O2. The number of pyridine rings is 1. The molecule has 0 spiro atoms. The molecule has 0 fully saturated rings. The van der Waals surface area contributed by atoms with Gasteiger partial charge in [-0.25, -0.2) is 4.98 Å². The summed E-state index contributed by atoms with van der Waals surface area (Å²) >= 11 is 0. The summed E-state index contributed by atoms with van der Waals surface area (Å²) in [5, 5.41) is 0. The van der Waals surface area contributed by atoms with Crippen LogP contribution in [0.15, 0.2) is 82.5 Å². The molecule has 0 amide bonds. The lowest BCUT2D eigenvalue weighted by Crippen LogP contribution is -2.17. The van der Waals surface area contributed by atoms with Crippen LogP contribution in [0, 0.1) is 0 Å². The minimum Gasteiger partial charge on any atom is -0.468 e. The van der Waals surface area contributed by atoms with E-state index in [1.165, 1.54) is 6.07 Å². The van der Waals surface area contributed by atoms with Crippen molar-refractivity contribution in [1.82, 2.24) is 19.9 Å². The molecule has 4 rings (SSSR count). The smallest absolute Gasteiger partial charge is 0.251 e. The Balaban J connectivity index is 1.59. The van der Waals surface area contributed by atoms with Gasteiger partial charge in [-0.1, -0.05) is 18.2 Å². The third kappa shape index (κ3) is 4.24. The van der Waals surface area contributed by atoms with E-state index in [0.717, 1.165) is 35.5 Å². The van der Waals surface area contributed by atoms with Crippen LogP contribution < -0.4 is 5.56 Å². The van der Waals surface area contributed by atoms with Crippen LogP contribution in [-0.4, -0.2) is 26.9 Å². The Morgan fingerprint density at radius 1 is 1.00 bits per heavy atom. The second-order valence-corrected chi connectivity index (χ2v) is 6.67. The molecule has 0 unspecified atom stereocenters. The maximum absolute atomic E-state index is 12.2. The van der Waals surface area contributed by atoms with E-state index < -0.39 is 0 Å². The Hall–Kier alpha value is -3.51. The van der Waals surface area contributed by atoms with E-state index >= 15 is 0 Å². The number of H-pyrrole nitrogens is 1. The highest BCUT2D eigenvalue weighted by Gasteiger charge is 2.09. The zero-order valence-corrected chi connectivity index (χ0v) is 15.5. The Labute approximate surface area is 162 Å². The minimum absolute atomic E-state index is 0.183. The van der Waals surface area contributed by atoms with Crippen molar-refractivity contribution in [2.45, 2.75) is 13.1 Å². The molecule has 1 N–H and O–H groups in total. The molecule has 140 valence electrons. The standard InChI is InChI=1S/C22H20N4O2/c1-26(15-19-6-3-11-28-19)14-16-4-2-5-18(12-16)22-24-20(13-21(27)25-22)17-7-9-23-10-8-17/h2-13H,14-15H2,1H3,(H,24,25,27). The maximum atomic E-state index is 12.2. The quantitative estimate of drug-likeness (QED) is 0.558. The summed E-state index contributed by atoms with van der Waals surface area (Å²) < 4.78 is 5.41. The van der Waals surface area contributed by atoms with Gasteiger partial charge in [0.2, 0.25) is 0 Å². The van der Waals surface area contributed by atoms with Crippen molar-refractivity contribution in [3.8, 4) is 22.6 Å². The van der Waals surface area contributed by atoms with Gasteiger partial charge in [0.1, 0.15) is 11.6 Å². The Bertz CT molecular complexity index is 1100. The number of nitrogens with one attached hydrogen (secondary N) is 1. The van der Waals surface area contributed by atoms with Crippen molar-refractivity contribution in [2.75, 3.05) is 7.05 Å². The first-order valence-corrected chi connectivity index (χ1v) is 8.99. The average Bonchev–Trinajstić information content (AvgIpc) is 3.21. The second kappa shape index (κ2) is 8.02. The fourth-order valence-electron chi connectivity index (χ4n) is 3.12. The molecule has 6 nitrogen and oxygen atoms in total. The third-order valence-corrected chi connectivity index (χ3v) is 4.38. The molecule has 0 radical (unpaired) electrons. The van der Waals surface area contributed by atoms with Crippen molar-refractivity contribution in [1.29, 1.82) is 0 Å². The van der Waals surface area contributed by atoms with Crippen LogP contribution in [-0.2, 0) is 13.1 Å². The van der Waals surface area contributed by atoms with Crippen molar-refractivity contribution in [2.24, 2.45) is 0 Å². The Morgan fingerprint density at radius 2 is 1.86 bits per heavy atom. The monoisotopic (exact) mass is 372 g/mol. The van der Waals surface area contributed by atoms with Gasteiger partial charge in [-0.3, -0.25) is 14.7 Å². The zero-order valence-electron chi connectivity index (χ0n) is 15.5. The number of rotatable bonds is 6. The van der Waals surface area contributed by atoms with Gasteiger partial charge in [0.05, 0.1) is 18.5 Å². The Morgan fingerprint density at radius 3 is 2.64 bits per heavy atom. The van der Waals surface area contributed by atoms with Gasteiger partial charge in [-0.05, 0) is 42.9 Å². The van der Waals surface area contributed by atoms with Crippen molar-refractivity contribution >= 4 is 0 Å². The molecule has 0 saturated heterocycles. The van der Waals surface area contributed by atoms with E-state index in [1.54, 1.807) is 18.7 Å². The van der Waals surface area contributed by atoms with Gasteiger partial charge < -0.3 is 9.40 Å². The number of benzene rings is 1. The molecule has 1 aromatic carbocycles. The van der Waals surface area contributed by atoms with E-state index in [4.69, 9.17) is 4.42 Å². The zero-order chi connectivity index (χ0) is 19.3. The third-order valence-electron chi connectivity index (χ3n) is 4.38. The highest BCUT2D eigenvalue weighted by atomic mass is 16.3. The largest absolute Gasteiger partial charge is 0.468 e. The molecule has 3 heterocycles. The molecule has 0 saturated carbocycles. The topological polar surface area (TPSA) is 75.0 Å². The van der Waals surface area contributed by atoms with Crippen LogP contribution in [0.1, 0.15) is 11.3 Å². The highest BCUT2D eigenvalue weighted by molar-refractivity contribution is 5.63. The fraction of sp³-hybridized carbons (Fsp3) is 0.136. The summed E-state index contributed by atoms with van der Waals surface area (Å²) in [4.78, 5) is 25.8. The number of furan rings is 1. The number of nitrogens with zero attached hydrogens (tertiary/aromatic N) is 3. The molecule has 0 aliphatic rings. The average molecular weight is 372 g/mol. The summed E-state index contributed by atoms with van der Waals surface area (Å²) in [6.45, 7) is 1.48. The summed E-state index contributed by atoms with van der Waals surface area (Å²) in [6.07, 6.45) is 5.06. The van der Waals surface area contributed by atoms with Crippen molar-refractivity contribution < 1.29 is 4.42 Å². The lowest BCUT2D eigenvalue weighted by Gasteiger charge is -2.15. The van der Waals surface area contributed by atoms with Crippen LogP contribution in [0.25, 0.3) is 22.6 Å². The van der Waals surface area contributed by atoms with Crippen LogP contribution in [0.2, 0.25) is 0 Å². The summed E-state index contributed by atoms with van der Waals surface area (Å²) in [5.41, 5.74) is 3.30. The van der Waals surface area contributed by atoms with Crippen molar-refractivity contribution in [3.05, 3.63) is 94.9 Å². The first-order valence-electron chi connectivity index (χ1n) is 8.99. The predicted molar refractivity (Wildman–Crippen MR) is 107 cm³/mol. The van der Waals surface area contributed by atoms with E-state index in [9.17, 15) is 4.79 Å². The highest BCUT2D eigenvalue weighted by Crippen LogP contribution is 2.20. The molecule has 3 aromatic heterocycles. The molecular weight excluding hydrogens is 352 g/mol. The Kier molecular flexibility index (Phi) is 5.12. The van der Waals surface area contributed by atoms with E-state index in [2.05, 4.69) is 25.9 Å². The normalized spacial score (nSPS) is 11.1. The molecule has 6 heteroatoms. The summed E-state index contributed by atoms with van der Waals surface area (Å²) in [7, 11) is 2.04. The van der Waals surface area contributed by atoms with Crippen LogP contribution in [0.5, 0.6) is 0 Å². The van der Waals surface area contributed by atoms with Gasteiger partial charge in [-0.2, -0.15) is 0 Å². The SMILES string of the molecule is CN(Cc1cccc(-c2nc(-c3ccncc3)cc(=O)[nH]2)c1)Cc1ccco1. The van der Waals surface area contributed by atoms with Gasteiger partial charge in [0.25, 0.3) is 5.56 Å². The van der Waals surface area contributed by atoms with Crippen LogP contribution >= 0.6 is 0 Å².